The highest BCUT2D eigenvalue weighted by Crippen LogP contribution is 2.39. The number of thiocarbonyl (C=S) groups is 1. The van der Waals surface area contributed by atoms with Crippen LogP contribution >= 0.6 is 39.9 Å². The van der Waals surface area contributed by atoms with Crippen molar-refractivity contribution in [2.75, 3.05) is 17.3 Å². The van der Waals surface area contributed by atoms with Crippen molar-refractivity contribution >= 4 is 73.5 Å². The first-order chi connectivity index (χ1) is 16.3. The van der Waals surface area contributed by atoms with Crippen LogP contribution in [0.4, 0.5) is 15.8 Å². The summed E-state index contributed by atoms with van der Waals surface area (Å²) < 4.78 is 19.0. The number of aromatic hydroxyl groups is 1. The van der Waals surface area contributed by atoms with Crippen LogP contribution in [0.3, 0.4) is 0 Å². The number of carbonyl (C=O) groups excluding carboxylic acids is 2. The molecular weight excluding hydrogens is 543 g/mol. The van der Waals surface area contributed by atoms with E-state index in [1.807, 2.05) is 0 Å². The highest BCUT2D eigenvalue weighted by atomic mass is 79.9. The summed E-state index contributed by atoms with van der Waals surface area (Å²) in [5.41, 5.74) is 1.84. The predicted molar refractivity (Wildman–Crippen MR) is 139 cm³/mol. The lowest BCUT2D eigenvalue weighted by Gasteiger charge is -2.15. The number of ether oxygens (including phenoxy) is 1. The number of phenols is 1. The molecule has 0 saturated carbocycles. The number of methoxy groups -OCH3 is 1. The molecule has 172 valence electrons. The minimum Gasteiger partial charge on any atom is -0.503 e. The molecule has 1 saturated heterocycles. The van der Waals surface area contributed by atoms with Crippen LogP contribution in [0, 0.1) is 5.82 Å². The summed E-state index contributed by atoms with van der Waals surface area (Å²) >= 11 is 9.83. The fourth-order valence-electron chi connectivity index (χ4n) is 3.20. The van der Waals surface area contributed by atoms with Gasteiger partial charge in [-0.1, -0.05) is 30.0 Å². The Kier molecular flexibility index (Phi) is 7.01. The molecule has 0 aliphatic carbocycles. The first-order valence-corrected chi connectivity index (χ1v) is 11.8. The van der Waals surface area contributed by atoms with E-state index in [2.05, 4.69) is 21.2 Å². The second kappa shape index (κ2) is 9.96. The molecule has 2 amide bonds. The maximum atomic E-state index is 13.2. The Labute approximate surface area is 212 Å². The molecule has 3 aromatic rings. The molecule has 1 aliphatic heterocycles. The lowest BCUT2D eigenvalue weighted by molar-refractivity contribution is -0.113. The number of rotatable bonds is 5. The molecule has 1 aliphatic rings. The first-order valence-electron chi connectivity index (χ1n) is 9.78. The summed E-state index contributed by atoms with van der Waals surface area (Å²) in [7, 11) is 1.43. The van der Waals surface area contributed by atoms with Gasteiger partial charge in [0.1, 0.15) is 5.82 Å². The van der Waals surface area contributed by atoms with Crippen LogP contribution in [0.25, 0.3) is 6.08 Å². The van der Waals surface area contributed by atoms with Crippen LogP contribution in [-0.4, -0.2) is 28.4 Å². The third kappa shape index (κ3) is 4.98. The average molecular weight is 559 g/mol. The van der Waals surface area contributed by atoms with Crippen LogP contribution in [0.2, 0.25) is 0 Å². The third-order valence-electron chi connectivity index (χ3n) is 4.83. The fraction of sp³-hybridized carbons (Fsp3) is 0.0417. The topological polar surface area (TPSA) is 78.9 Å². The van der Waals surface area contributed by atoms with Gasteiger partial charge >= 0.3 is 0 Å². The van der Waals surface area contributed by atoms with E-state index in [-0.39, 0.29) is 17.4 Å². The van der Waals surface area contributed by atoms with E-state index in [9.17, 15) is 19.1 Å². The van der Waals surface area contributed by atoms with Gasteiger partial charge < -0.3 is 15.2 Å². The lowest BCUT2D eigenvalue weighted by Crippen LogP contribution is -2.27. The standard InChI is InChI=1S/C24H16BrFN2O4S2/c1-32-19-10-13(9-18(25)21(19)29)11-20-23(31)28(24(33)34-20)17-4-2-3-14(12-17)22(30)27-16-7-5-15(26)6-8-16/h2-12,29H,1H3,(H,27,30)/b20-11+. The second-order valence-corrected chi connectivity index (χ2v) is 9.61. The normalized spacial score (nSPS) is 14.6. The van der Waals surface area contributed by atoms with Crippen LogP contribution in [0.5, 0.6) is 11.5 Å². The van der Waals surface area contributed by atoms with Crippen LogP contribution in [0.1, 0.15) is 15.9 Å². The maximum absolute atomic E-state index is 13.2. The predicted octanol–water partition coefficient (Wildman–Crippen LogP) is 5.96. The van der Waals surface area contributed by atoms with Gasteiger partial charge in [-0.05, 0) is 82.2 Å². The van der Waals surface area contributed by atoms with Gasteiger partial charge in [0.05, 0.1) is 22.2 Å². The molecule has 34 heavy (non-hydrogen) atoms. The van der Waals surface area contributed by atoms with E-state index in [0.29, 0.717) is 36.2 Å². The van der Waals surface area contributed by atoms with E-state index < -0.39 is 11.7 Å². The quantitative estimate of drug-likeness (QED) is 0.297. The number of phenolic OH excluding ortho intramolecular Hbond substituents is 1. The molecule has 4 rings (SSSR count). The average Bonchev–Trinajstić information content (AvgIpc) is 3.10. The molecular formula is C24H16BrFN2O4S2. The number of nitrogens with zero attached hydrogens (tertiary/aromatic N) is 1. The maximum Gasteiger partial charge on any atom is 0.270 e. The Balaban J connectivity index is 1.58. The Hall–Kier alpha value is -3.21. The highest BCUT2D eigenvalue weighted by Gasteiger charge is 2.33. The first kappa shape index (κ1) is 23.9. The molecule has 0 radical (unpaired) electrons. The molecule has 1 fully saturated rings. The number of hydrogen-bond donors (Lipinski definition) is 2. The third-order valence-corrected chi connectivity index (χ3v) is 6.74. The number of halogens is 2. The van der Waals surface area contributed by atoms with Crippen molar-refractivity contribution in [2.45, 2.75) is 0 Å². The Morgan fingerprint density at radius 1 is 1.21 bits per heavy atom. The summed E-state index contributed by atoms with van der Waals surface area (Å²) in [5, 5.41) is 12.7. The molecule has 0 unspecified atom stereocenters. The number of benzene rings is 3. The van der Waals surface area contributed by atoms with E-state index in [4.69, 9.17) is 17.0 Å². The largest absolute Gasteiger partial charge is 0.503 e. The molecule has 2 N–H and O–H groups in total. The Morgan fingerprint density at radius 3 is 2.65 bits per heavy atom. The van der Waals surface area contributed by atoms with Gasteiger partial charge in [-0.2, -0.15) is 0 Å². The van der Waals surface area contributed by atoms with E-state index >= 15 is 0 Å². The summed E-state index contributed by atoms with van der Waals surface area (Å²) in [5.74, 6) is -0.927. The molecule has 0 atom stereocenters. The van der Waals surface area contributed by atoms with Gasteiger partial charge in [0.2, 0.25) is 0 Å². The van der Waals surface area contributed by atoms with E-state index in [0.717, 1.165) is 11.8 Å². The second-order valence-electron chi connectivity index (χ2n) is 7.08. The van der Waals surface area contributed by atoms with Crippen molar-refractivity contribution in [3.8, 4) is 11.5 Å². The van der Waals surface area contributed by atoms with Crippen molar-refractivity contribution in [1.29, 1.82) is 0 Å². The zero-order chi connectivity index (χ0) is 24.4. The zero-order valence-corrected chi connectivity index (χ0v) is 20.8. The number of thioether (sulfide) groups is 1. The summed E-state index contributed by atoms with van der Waals surface area (Å²) in [6.07, 6.45) is 1.65. The van der Waals surface area contributed by atoms with Crippen LogP contribution in [-0.2, 0) is 4.79 Å². The monoisotopic (exact) mass is 558 g/mol. The van der Waals surface area contributed by atoms with Gasteiger partial charge in [0.15, 0.2) is 15.8 Å². The van der Waals surface area contributed by atoms with Gasteiger partial charge in [0, 0.05) is 11.3 Å². The van der Waals surface area contributed by atoms with Crippen molar-refractivity contribution in [3.63, 3.8) is 0 Å². The molecule has 0 aromatic heterocycles. The van der Waals surface area contributed by atoms with E-state index in [1.54, 1.807) is 42.5 Å². The molecule has 3 aromatic carbocycles. The summed E-state index contributed by atoms with van der Waals surface area (Å²) in [4.78, 5) is 27.5. The minimum atomic E-state index is -0.407. The number of nitrogens with one attached hydrogen (secondary N) is 1. The van der Waals surface area contributed by atoms with Crippen molar-refractivity contribution in [3.05, 3.63) is 87.0 Å². The van der Waals surface area contributed by atoms with Gasteiger partial charge in [-0.25, -0.2) is 4.39 Å². The smallest absolute Gasteiger partial charge is 0.270 e. The fourth-order valence-corrected chi connectivity index (χ4v) is 4.96. The molecule has 1 heterocycles. The van der Waals surface area contributed by atoms with Gasteiger partial charge in [-0.3, -0.25) is 14.5 Å². The van der Waals surface area contributed by atoms with Gasteiger partial charge in [0.25, 0.3) is 11.8 Å². The van der Waals surface area contributed by atoms with Crippen molar-refractivity contribution in [2.24, 2.45) is 0 Å². The summed E-state index contributed by atoms with van der Waals surface area (Å²) in [6.45, 7) is 0. The van der Waals surface area contributed by atoms with E-state index in [1.165, 1.54) is 36.3 Å². The SMILES string of the molecule is COc1cc(/C=C2/SC(=S)N(c3cccc(C(=O)Nc4ccc(F)cc4)c3)C2=O)cc(Br)c1O. The van der Waals surface area contributed by atoms with Crippen molar-refractivity contribution < 1.29 is 23.8 Å². The molecule has 10 heteroatoms. The number of hydrogen-bond acceptors (Lipinski definition) is 6. The van der Waals surface area contributed by atoms with Crippen LogP contribution < -0.4 is 15.0 Å². The molecule has 0 bridgehead atoms. The zero-order valence-electron chi connectivity index (χ0n) is 17.5. The Bertz CT molecular complexity index is 1350. The molecule has 6 nitrogen and oxygen atoms in total. The van der Waals surface area contributed by atoms with Crippen LogP contribution in [0.15, 0.2) is 70.0 Å². The van der Waals surface area contributed by atoms with Crippen molar-refractivity contribution in [1.82, 2.24) is 0 Å². The Morgan fingerprint density at radius 2 is 1.94 bits per heavy atom. The number of carbonyl (C=O) groups is 2. The highest BCUT2D eigenvalue weighted by molar-refractivity contribution is 9.10. The number of anilines is 2. The summed E-state index contributed by atoms with van der Waals surface area (Å²) in [6, 6.07) is 15.2. The minimum absolute atomic E-state index is 0.0390. The number of amides is 2. The molecule has 0 spiro atoms. The lowest BCUT2D eigenvalue weighted by atomic mass is 10.1. The van der Waals surface area contributed by atoms with Gasteiger partial charge in [-0.15, -0.1) is 0 Å².